The fourth-order valence-electron chi connectivity index (χ4n) is 11.0. The second-order valence-corrected chi connectivity index (χ2v) is 23.8. The van der Waals surface area contributed by atoms with Gasteiger partial charge in [0.1, 0.15) is 29.6 Å². The van der Waals surface area contributed by atoms with Gasteiger partial charge in [-0.3, -0.25) is 29.3 Å². The summed E-state index contributed by atoms with van der Waals surface area (Å²) in [4.78, 5) is 57.9. The van der Waals surface area contributed by atoms with Gasteiger partial charge in [-0.1, -0.05) is 48.0 Å². The Hall–Kier alpha value is -6.81. The highest BCUT2D eigenvalue weighted by atomic mass is 35.5. The smallest absolute Gasteiger partial charge is 0.270 e. The maximum atomic E-state index is 13.7. The molecule has 4 aliphatic heterocycles. The second kappa shape index (κ2) is 21.0. The number of ether oxygens (including phenoxy) is 1. The molecule has 4 aliphatic rings. The Balaban J connectivity index is 0.797. The number of carbonyl (C=O) groups is 3. The van der Waals surface area contributed by atoms with Crippen LogP contribution < -0.4 is 41.1 Å². The number of piperidine rings is 4. The van der Waals surface area contributed by atoms with E-state index in [4.69, 9.17) is 21.3 Å². The average Bonchev–Trinajstić information content (AvgIpc) is 3.84. The number of amides is 3. The fraction of sp³-hybridized carbons (Fsp3) is 0.389. The number of aryl methyl sites for hydroxylation is 1. The zero-order valence-electron chi connectivity index (χ0n) is 41.7. The van der Waals surface area contributed by atoms with Gasteiger partial charge >= 0.3 is 0 Å². The maximum absolute atomic E-state index is 13.7. The van der Waals surface area contributed by atoms with E-state index in [-0.39, 0.29) is 29.9 Å². The van der Waals surface area contributed by atoms with Crippen LogP contribution in [0.1, 0.15) is 61.9 Å². The van der Waals surface area contributed by atoms with Crippen molar-refractivity contribution < 1.29 is 23.7 Å². The highest BCUT2D eigenvalue weighted by Crippen LogP contribution is 2.46. The summed E-state index contributed by atoms with van der Waals surface area (Å²) in [6, 6.07) is 23.5. The lowest BCUT2D eigenvalue weighted by Crippen LogP contribution is -2.54. The summed E-state index contributed by atoms with van der Waals surface area (Å²) in [7, 11) is 0.858. The first-order valence-electron chi connectivity index (χ1n) is 25.1. The minimum absolute atomic E-state index is 0.195. The molecule has 7 heterocycles. The highest BCUT2D eigenvalue weighted by Gasteiger charge is 2.41. The number of nitrogens with one attached hydrogen (secondary N) is 4. The van der Waals surface area contributed by atoms with Gasteiger partial charge in [-0.2, -0.15) is 10.1 Å². The first-order chi connectivity index (χ1) is 35.2. The van der Waals surface area contributed by atoms with Crippen LogP contribution >= 0.6 is 18.7 Å². The molecule has 1 spiro atoms. The summed E-state index contributed by atoms with van der Waals surface area (Å²) >= 11 is 6.73. The summed E-state index contributed by atoms with van der Waals surface area (Å²) in [6.45, 7) is 9.37. The van der Waals surface area contributed by atoms with Gasteiger partial charge in [-0.25, -0.2) is 9.97 Å². The molecule has 3 amide bonds. The Kier molecular flexibility index (Phi) is 14.3. The molecule has 4 N–H and O–H groups in total. The van der Waals surface area contributed by atoms with Crippen LogP contribution in [0.15, 0.2) is 97.6 Å². The Bertz CT molecular complexity index is 3060. The van der Waals surface area contributed by atoms with Crippen molar-refractivity contribution in [2.24, 2.45) is 12.5 Å². The van der Waals surface area contributed by atoms with E-state index in [2.05, 4.69) is 63.2 Å². The highest BCUT2D eigenvalue weighted by molar-refractivity contribution is 7.70. The monoisotopic (exact) mass is 1020 g/mol. The van der Waals surface area contributed by atoms with Gasteiger partial charge in [-0.05, 0) is 112 Å². The fourth-order valence-corrected chi connectivity index (χ4v) is 12.3. The number of aromatic nitrogens is 5. The van der Waals surface area contributed by atoms with Crippen molar-refractivity contribution in [2.75, 3.05) is 80.1 Å². The largest absolute Gasteiger partial charge is 0.494 e. The SMILES string of the molecule is COc1cc(N2CCC3(CCCN(C4CCN(c5ccc(C(=O)NC6CCC(=O)NC6=O)nc5)CC4)C3)CC2)c(-c2cnn(C)c2)cc1Nc1ncc(Cl)c(Nc2ccc(-c3ccccc3)cc2P(C)(C)=O)n1. The molecule has 3 aromatic heterocycles. The normalized spacial score (nSPS) is 18.6. The van der Waals surface area contributed by atoms with Crippen molar-refractivity contribution in [3.05, 3.63) is 108 Å². The lowest BCUT2D eigenvalue weighted by atomic mass is 9.71. The van der Waals surface area contributed by atoms with E-state index in [1.807, 2.05) is 78.7 Å². The van der Waals surface area contributed by atoms with Gasteiger partial charge in [0, 0.05) is 86.6 Å². The van der Waals surface area contributed by atoms with Crippen molar-refractivity contribution in [3.63, 3.8) is 0 Å². The molecule has 1 atom stereocenters. The van der Waals surface area contributed by atoms with Crippen molar-refractivity contribution in [2.45, 2.75) is 63.5 Å². The lowest BCUT2D eigenvalue weighted by molar-refractivity contribution is -0.134. The van der Waals surface area contributed by atoms with Gasteiger partial charge in [0.2, 0.25) is 17.8 Å². The number of pyridine rings is 1. The molecule has 19 heteroatoms. The number of anilines is 6. The van der Waals surface area contributed by atoms with E-state index in [1.165, 1.54) is 12.8 Å². The minimum atomic E-state index is -2.74. The van der Waals surface area contributed by atoms with E-state index in [9.17, 15) is 18.9 Å². The maximum Gasteiger partial charge on any atom is 0.270 e. The molecule has 17 nitrogen and oxygen atoms in total. The second-order valence-electron chi connectivity index (χ2n) is 20.2. The van der Waals surface area contributed by atoms with Crippen LogP contribution in [0, 0.1) is 5.41 Å². The van der Waals surface area contributed by atoms with Crippen molar-refractivity contribution in [1.29, 1.82) is 0 Å². The van der Waals surface area contributed by atoms with Crippen LogP contribution in [-0.4, -0.2) is 119 Å². The molecule has 0 radical (unpaired) electrons. The van der Waals surface area contributed by atoms with E-state index < -0.39 is 25.0 Å². The summed E-state index contributed by atoms with van der Waals surface area (Å²) < 4.78 is 21.6. The zero-order chi connectivity index (χ0) is 50.9. The first-order valence-corrected chi connectivity index (χ1v) is 28.1. The van der Waals surface area contributed by atoms with Crippen molar-refractivity contribution in [1.82, 2.24) is 40.3 Å². The molecule has 10 rings (SSSR count). The summed E-state index contributed by atoms with van der Waals surface area (Å²) in [5.41, 5.74) is 7.89. The van der Waals surface area contributed by atoms with Crippen LogP contribution in [0.4, 0.5) is 34.5 Å². The molecule has 0 aliphatic carbocycles. The van der Waals surface area contributed by atoms with Crippen LogP contribution in [0.3, 0.4) is 0 Å². The quantitative estimate of drug-likeness (QED) is 0.0639. The number of imide groups is 1. The van der Waals surface area contributed by atoms with Gasteiger partial charge in [0.25, 0.3) is 5.91 Å². The third-order valence-electron chi connectivity index (χ3n) is 15.0. The number of hydrogen-bond acceptors (Lipinski definition) is 14. The topological polar surface area (TPSA) is 192 Å². The van der Waals surface area contributed by atoms with Crippen LogP contribution in [-0.2, 0) is 21.2 Å². The molecule has 73 heavy (non-hydrogen) atoms. The number of hydrogen-bond donors (Lipinski definition) is 4. The third-order valence-corrected chi connectivity index (χ3v) is 16.8. The average molecular weight is 1030 g/mol. The van der Waals surface area contributed by atoms with E-state index in [0.717, 1.165) is 98.6 Å². The molecule has 0 saturated carbocycles. The lowest BCUT2D eigenvalue weighted by Gasteiger charge is -2.51. The summed E-state index contributed by atoms with van der Waals surface area (Å²) in [5.74, 6) is 0.0913. The number of halogens is 1. The number of methoxy groups -OCH3 is 1. The number of rotatable bonds is 13. The standard InChI is InChI=1S/C54H62ClN12O5P/c1-64-33-37(30-58-64)40-28-45(61-53-57-32-41(55)50(63-53)59-42-13-11-36(27-48(42)73(3,4)71)35-9-6-5-7-10-35)47(72-2)29-46(40)66-25-20-54(21-26-66)19-8-22-67(34-54)38-17-23-65(24-18-38)39-12-14-43(56-31-39)51(69)60-44-15-16-49(68)62-52(44)70/h5-7,9-14,27-33,38,44H,8,15-26,34H2,1-4H3,(H,60,69)(H,62,68,70)(H2,57,59,61,63). The van der Waals surface area contributed by atoms with E-state index in [0.29, 0.717) is 45.3 Å². The number of carbonyl (C=O) groups excluding carboxylic acids is 3. The summed E-state index contributed by atoms with van der Waals surface area (Å²) in [6.07, 6.45) is 14.4. The molecular weight excluding hydrogens is 963 g/mol. The predicted molar refractivity (Wildman–Crippen MR) is 288 cm³/mol. The molecule has 0 bridgehead atoms. The molecule has 3 aromatic carbocycles. The van der Waals surface area contributed by atoms with Crippen LogP contribution in [0.5, 0.6) is 5.75 Å². The van der Waals surface area contributed by atoms with Crippen molar-refractivity contribution >= 4 is 76.3 Å². The van der Waals surface area contributed by atoms with Crippen LogP contribution in [0.2, 0.25) is 5.02 Å². The molecule has 1 unspecified atom stereocenters. The molecule has 4 fully saturated rings. The Morgan fingerprint density at radius 2 is 1.63 bits per heavy atom. The molecule has 380 valence electrons. The van der Waals surface area contributed by atoms with Crippen molar-refractivity contribution in [3.8, 4) is 28.0 Å². The van der Waals surface area contributed by atoms with Crippen LogP contribution in [0.25, 0.3) is 22.3 Å². The van der Waals surface area contributed by atoms with Gasteiger partial charge < -0.3 is 35.1 Å². The molecule has 6 aromatic rings. The van der Waals surface area contributed by atoms with Gasteiger partial charge in [0.15, 0.2) is 5.82 Å². The number of benzene rings is 3. The van der Waals surface area contributed by atoms with E-state index >= 15 is 0 Å². The molecular formula is C54H62ClN12O5P. The Morgan fingerprint density at radius 3 is 2.33 bits per heavy atom. The summed E-state index contributed by atoms with van der Waals surface area (Å²) in [5, 5.41) is 17.3. The molecule has 4 saturated heterocycles. The number of nitrogens with zero attached hydrogens (tertiary/aromatic N) is 8. The van der Waals surface area contributed by atoms with Gasteiger partial charge in [-0.15, -0.1) is 0 Å². The third kappa shape index (κ3) is 11.1. The number of likely N-dealkylation sites (tertiary alicyclic amines) is 1. The first kappa shape index (κ1) is 49.8. The zero-order valence-corrected chi connectivity index (χ0v) is 43.4. The van der Waals surface area contributed by atoms with E-state index in [1.54, 1.807) is 38.9 Å². The predicted octanol–water partition coefficient (Wildman–Crippen LogP) is 8.22. The minimum Gasteiger partial charge on any atom is -0.494 e. The Morgan fingerprint density at radius 1 is 0.836 bits per heavy atom. The Labute approximate surface area is 430 Å². The van der Waals surface area contributed by atoms with Gasteiger partial charge in [0.05, 0.1) is 42.8 Å².